The number of hydrogen-bond donors (Lipinski definition) is 0. The van der Waals surface area contributed by atoms with E-state index in [1.165, 1.54) is 7.11 Å². The number of benzene rings is 2. The number of rotatable bonds is 6. The molecule has 0 unspecified atom stereocenters. The molecule has 0 atom stereocenters. The van der Waals surface area contributed by atoms with Crippen LogP contribution in [0.5, 0.6) is 17.2 Å². The fourth-order valence-corrected chi connectivity index (χ4v) is 2.47. The van der Waals surface area contributed by atoms with E-state index in [1.54, 1.807) is 24.3 Å². The maximum Gasteiger partial charge on any atom is 0.513 e. The fourth-order valence-electron chi connectivity index (χ4n) is 2.32. The third-order valence-corrected chi connectivity index (χ3v) is 3.99. The average molecular weight is 365 g/mol. The molecule has 2 rings (SSSR count). The van der Waals surface area contributed by atoms with Crippen LogP contribution in [0.3, 0.4) is 0 Å². The minimum atomic E-state index is -0.801. The van der Waals surface area contributed by atoms with E-state index in [2.05, 4.69) is 4.74 Å². The minimum absolute atomic E-state index is 0.155. The number of methoxy groups -OCH3 is 1. The van der Waals surface area contributed by atoms with E-state index in [0.717, 1.165) is 11.1 Å². The number of carbonyl (C=O) groups excluding carboxylic acids is 1. The molecule has 0 bridgehead atoms. The summed E-state index contributed by atoms with van der Waals surface area (Å²) in [6, 6.07) is 8.92. The molecule has 0 aliphatic heterocycles. The Bertz CT molecular complexity index is 758. The average Bonchev–Trinajstić information content (AvgIpc) is 2.58. The lowest BCUT2D eigenvalue weighted by Gasteiger charge is -2.16. The topological polar surface area (TPSA) is 54.0 Å². The zero-order valence-electron chi connectivity index (χ0n) is 14.7. The largest absolute Gasteiger partial charge is 0.513 e. The van der Waals surface area contributed by atoms with Gasteiger partial charge in [-0.2, -0.15) is 0 Å². The second-order valence-corrected chi connectivity index (χ2v) is 5.78. The third-order valence-electron chi connectivity index (χ3n) is 3.58. The lowest BCUT2D eigenvalue weighted by molar-refractivity contribution is 0.120. The van der Waals surface area contributed by atoms with Crippen LogP contribution in [0.15, 0.2) is 30.3 Å². The molecule has 0 aliphatic rings. The molecule has 0 aromatic heterocycles. The van der Waals surface area contributed by atoms with Gasteiger partial charge < -0.3 is 18.9 Å². The van der Waals surface area contributed by atoms with Gasteiger partial charge in [0, 0.05) is 5.02 Å². The summed E-state index contributed by atoms with van der Waals surface area (Å²) in [5, 5.41) is 0.629. The van der Waals surface area contributed by atoms with E-state index in [9.17, 15) is 4.79 Å². The van der Waals surface area contributed by atoms with Gasteiger partial charge in [0.1, 0.15) is 23.9 Å². The summed E-state index contributed by atoms with van der Waals surface area (Å²) in [5.74, 6) is 1.57. The first kappa shape index (κ1) is 18.9. The number of aryl methyl sites for hydroxylation is 2. The first-order chi connectivity index (χ1) is 12.0. The first-order valence-electron chi connectivity index (χ1n) is 7.86. The predicted molar refractivity (Wildman–Crippen MR) is 95.9 cm³/mol. The third kappa shape index (κ3) is 4.79. The van der Waals surface area contributed by atoms with E-state index < -0.39 is 6.16 Å². The molecule has 0 saturated carbocycles. The zero-order valence-corrected chi connectivity index (χ0v) is 15.5. The summed E-state index contributed by atoms with van der Waals surface area (Å²) in [6.07, 6.45) is -0.801. The predicted octanol–water partition coefficient (Wildman–Crippen LogP) is 5.08. The Balaban J connectivity index is 2.30. The van der Waals surface area contributed by atoms with Crippen molar-refractivity contribution < 1.29 is 23.7 Å². The molecule has 134 valence electrons. The highest BCUT2D eigenvalue weighted by Gasteiger charge is 2.16. The molecular weight excluding hydrogens is 344 g/mol. The number of ether oxygens (including phenoxy) is 4. The molecule has 0 amide bonds. The van der Waals surface area contributed by atoms with Crippen LogP contribution >= 0.6 is 11.6 Å². The van der Waals surface area contributed by atoms with E-state index in [4.69, 9.17) is 25.8 Å². The second kappa shape index (κ2) is 8.62. The van der Waals surface area contributed by atoms with Crippen LogP contribution in [0.2, 0.25) is 5.02 Å². The van der Waals surface area contributed by atoms with Gasteiger partial charge in [-0.3, -0.25) is 0 Å². The Labute approximate surface area is 152 Å². The summed E-state index contributed by atoms with van der Waals surface area (Å²) in [6.45, 7) is 6.39. The summed E-state index contributed by atoms with van der Waals surface area (Å²) in [7, 11) is 1.25. The monoisotopic (exact) mass is 364 g/mol. The summed E-state index contributed by atoms with van der Waals surface area (Å²) < 4.78 is 21.3. The highest BCUT2D eigenvalue weighted by molar-refractivity contribution is 6.31. The zero-order chi connectivity index (χ0) is 18.4. The highest BCUT2D eigenvalue weighted by Crippen LogP contribution is 2.32. The number of carbonyl (C=O) groups is 1. The molecule has 0 N–H and O–H groups in total. The van der Waals surface area contributed by atoms with Gasteiger partial charge in [-0.1, -0.05) is 23.7 Å². The Morgan fingerprint density at radius 1 is 1.04 bits per heavy atom. The van der Waals surface area contributed by atoms with Crippen molar-refractivity contribution in [2.75, 3.05) is 13.7 Å². The smallest absolute Gasteiger partial charge is 0.493 e. The van der Waals surface area contributed by atoms with Crippen LogP contribution in [0.25, 0.3) is 0 Å². The first-order valence-corrected chi connectivity index (χ1v) is 8.24. The molecular formula is C19H21ClO5. The van der Waals surface area contributed by atoms with E-state index in [-0.39, 0.29) is 6.61 Å². The van der Waals surface area contributed by atoms with Crippen molar-refractivity contribution in [2.45, 2.75) is 27.4 Å². The van der Waals surface area contributed by atoms with Crippen molar-refractivity contribution in [1.29, 1.82) is 0 Å². The molecule has 0 spiro atoms. The van der Waals surface area contributed by atoms with E-state index >= 15 is 0 Å². The van der Waals surface area contributed by atoms with Gasteiger partial charge in [-0.05, 0) is 50.1 Å². The van der Waals surface area contributed by atoms with Gasteiger partial charge in [0.15, 0.2) is 0 Å². The van der Waals surface area contributed by atoms with Crippen LogP contribution in [-0.2, 0) is 11.3 Å². The van der Waals surface area contributed by atoms with Crippen LogP contribution in [0.4, 0.5) is 4.79 Å². The van der Waals surface area contributed by atoms with Crippen LogP contribution < -0.4 is 14.2 Å². The molecule has 25 heavy (non-hydrogen) atoms. The van der Waals surface area contributed by atoms with Crippen LogP contribution in [-0.4, -0.2) is 19.9 Å². The van der Waals surface area contributed by atoms with Crippen LogP contribution in [0.1, 0.15) is 23.6 Å². The van der Waals surface area contributed by atoms with Crippen LogP contribution in [0, 0.1) is 13.8 Å². The lowest BCUT2D eigenvalue weighted by atomic mass is 10.1. The lowest BCUT2D eigenvalue weighted by Crippen LogP contribution is -2.11. The molecule has 0 saturated heterocycles. The SMILES string of the molecule is CCOc1cccc(OC(=O)OC)c1COc1cc(Cl)c(C)cc1C. The summed E-state index contributed by atoms with van der Waals surface area (Å²) in [4.78, 5) is 11.5. The van der Waals surface area contributed by atoms with E-state index in [1.807, 2.05) is 26.8 Å². The molecule has 0 fully saturated rings. The maximum atomic E-state index is 11.5. The summed E-state index contributed by atoms with van der Waals surface area (Å²) >= 11 is 6.18. The van der Waals surface area contributed by atoms with Gasteiger partial charge in [0.2, 0.25) is 0 Å². The highest BCUT2D eigenvalue weighted by atomic mass is 35.5. The molecule has 0 radical (unpaired) electrons. The van der Waals surface area contributed by atoms with Gasteiger partial charge in [-0.25, -0.2) is 4.79 Å². The van der Waals surface area contributed by atoms with Gasteiger partial charge in [-0.15, -0.1) is 0 Å². The normalized spacial score (nSPS) is 10.3. The van der Waals surface area contributed by atoms with Gasteiger partial charge >= 0.3 is 6.16 Å². The Hall–Kier alpha value is -2.40. The molecule has 2 aromatic rings. The maximum absolute atomic E-state index is 11.5. The van der Waals surface area contributed by atoms with Gasteiger partial charge in [0.25, 0.3) is 0 Å². The van der Waals surface area contributed by atoms with E-state index in [0.29, 0.717) is 34.4 Å². The standard InChI is InChI=1S/C19H21ClO5/c1-5-23-16-7-6-8-17(25-19(21)22-4)14(16)11-24-18-10-15(20)12(2)9-13(18)3/h6-10H,5,11H2,1-4H3. The van der Waals surface area contributed by atoms with Crippen molar-refractivity contribution in [2.24, 2.45) is 0 Å². The Morgan fingerprint density at radius 3 is 2.44 bits per heavy atom. The number of halogens is 1. The van der Waals surface area contributed by atoms with Crippen molar-refractivity contribution >= 4 is 17.8 Å². The fraction of sp³-hybridized carbons (Fsp3) is 0.316. The second-order valence-electron chi connectivity index (χ2n) is 5.38. The molecule has 5 nitrogen and oxygen atoms in total. The number of hydrogen-bond acceptors (Lipinski definition) is 5. The Morgan fingerprint density at radius 2 is 1.76 bits per heavy atom. The van der Waals surface area contributed by atoms with Crippen molar-refractivity contribution in [1.82, 2.24) is 0 Å². The molecule has 6 heteroatoms. The van der Waals surface area contributed by atoms with Crippen molar-refractivity contribution in [3.8, 4) is 17.2 Å². The quantitative estimate of drug-likeness (QED) is 0.528. The minimum Gasteiger partial charge on any atom is -0.493 e. The molecule has 0 aliphatic carbocycles. The molecule has 0 heterocycles. The van der Waals surface area contributed by atoms with Crippen molar-refractivity contribution in [3.05, 3.63) is 52.0 Å². The van der Waals surface area contributed by atoms with Crippen molar-refractivity contribution in [3.63, 3.8) is 0 Å². The van der Waals surface area contributed by atoms with Gasteiger partial charge in [0.05, 0.1) is 19.3 Å². The Kier molecular flexibility index (Phi) is 6.53. The summed E-state index contributed by atoms with van der Waals surface area (Å²) in [5.41, 5.74) is 2.56. The molecule has 2 aromatic carbocycles.